The average Bonchev–Trinajstić information content (AvgIpc) is 3.50. The predicted octanol–water partition coefficient (Wildman–Crippen LogP) is 3.46. The maximum absolute atomic E-state index is 14.3. The van der Waals surface area contributed by atoms with Crippen molar-refractivity contribution in [2.45, 2.75) is 123 Å². The Hall–Kier alpha value is -0.570. The molecule has 38 heavy (non-hydrogen) atoms. The largest absolute Gasteiger partial charge is 0.388 e. The minimum Gasteiger partial charge on any atom is -0.388 e. The van der Waals surface area contributed by atoms with E-state index in [-0.39, 0.29) is 45.9 Å². The highest BCUT2D eigenvalue weighted by Gasteiger charge is 2.84. The fraction of sp³-hybridized carbons (Fsp3) is 0.968. The van der Waals surface area contributed by atoms with Crippen molar-refractivity contribution in [3.63, 3.8) is 0 Å². The van der Waals surface area contributed by atoms with Gasteiger partial charge in [0.05, 0.1) is 12.7 Å². The first kappa shape index (κ1) is 26.3. The van der Waals surface area contributed by atoms with Crippen LogP contribution in [0.1, 0.15) is 86.0 Å². The number of carbonyl (C=O) groups excluding carboxylic acids is 1. The van der Waals surface area contributed by atoms with Gasteiger partial charge in [-0.25, -0.2) is 0 Å². The van der Waals surface area contributed by atoms with E-state index >= 15 is 0 Å². The van der Waals surface area contributed by atoms with Crippen LogP contribution in [0.4, 0.5) is 0 Å². The van der Waals surface area contributed by atoms with E-state index in [0.29, 0.717) is 36.1 Å². The van der Waals surface area contributed by atoms with Crippen molar-refractivity contribution in [2.24, 2.45) is 50.7 Å². The maximum Gasteiger partial charge on any atom is 0.186 e. The number of fused-ring (bicyclic) bond motifs is 4. The number of aliphatic hydroxyl groups excluding tert-OH is 3. The summed E-state index contributed by atoms with van der Waals surface area (Å²) in [5, 5.41) is 30.6. The molecule has 7 fully saturated rings. The Balaban J connectivity index is 1.17. The molecule has 0 aromatic heterocycles. The second-order valence-corrected chi connectivity index (χ2v) is 15.5. The van der Waals surface area contributed by atoms with Crippen LogP contribution in [-0.4, -0.2) is 71.1 Å². The summed E-state index contributed by atoms with van der Waals surface area (Å²) < 4.78 is 18.3. The van der Waals surface area contributed by atoms with Crippen molar-refractivity contribution in [3.05, 3.63) is 0 Å². The van der Waals surface area contributed by atoms with E-state index in [0.717, 1.165) is 38.5 Å². The Morgan fingerprint density at radius 1 is 0.868 bits per heavy atom. The smallest absolute Gasteiger partial charge is 0.186 e. The van der Waals surface area contributed by atoms with Gasteiger partial charge in [-0.2, -0.15) is 0 Å². The van der Waals surface area contributed by atoms with Gasteiger partial charge >= 0.3 is 0 Å². The molecule has 7 heteroatoms. The van der Waals surface area contributed by atoms with Gasteiger partial charge in [0.2, 0.25) is 0 Å². The molecule has 5 saturated carbocycles. The molecular formula is C31H48O7. The molecule has 0 radical (unpaired) electrons. The van der Waals surface area contributed by atoms with Gasteiger partial charge in [-0.15, -0.1) is 0 Å². The molecule has 7 nitrogen and oxygen atoms in total. The lowest BCUT2D eigenvalue weighted by molar-refractivity contribution is -0.302. The minimum absolute atomic E-state index is 0.0107. The first-order valence-electron chi connectivity index (χ1n) is 15.3. The SMILES string of the molecule is C[C@@H]1CCOC2C(=O)[C@@]3(C)C4CCC5C(C)(C)[C@@H](O[C@@H]6OC[C@@H](O)[C@H](O)[C@H]6O)CC[C@@]56CC46CC[C@]3(C)[C@H]21. The summed E-state index contributed by atoms with van der Waals surface area (Å²) in [6.45, 7) is 12.4. The van der Waals surface area contributed by atoms with Gasteiger partial charge < -0.3 is 29.5 Å². The van der Waals surface area contributed by atoms with Gasteiger partial charge in [0.1, 0.15) is 24.4 Å². The summed E-state index contributed by atoms with van der Waals surface area (Å²) in [6, 6.07) is 0. The molecule has 2 spiro atoms. The third-order valence-electron chi connectivity index (χ3n) is 14.2. The molecule has 3 N–H and O–H groups in total. The lowest BCUT2D eigenvalue weighted by Crippen LogP contribution is -2.60. The number of hydrogen-bond acceptors (Lipinski definition) is 7. The van der Waals surface area contributed by atoms with Gasteiger partial charge in [-0.1, -0.05) is 34.6 Å². The van der Waals surface area contributed by atoms with Gasteiger partial charge in [0.25, 0.3) is 0 Å². The van der Waals surface area contributed by atoms with E-state index in [2.05, 4.69) is 34.6 Å². The van der Waals surface area contributed by atoms with Crippen molar-refractivity contribution in [1.29, 1.82) is 0 Å². The highest BCUT2D eigenvalue weighted by Crippen LogP contribution is 2.89. The van der Waals surface area contributed by atoms with Crippen LogP contribution in [-0.2, 0) is 19.0 Å². The Bertz CT molecular complexity index is 1010. The van der Waals surface area contributed by atoms with Crippen LogP contribution in [0.2, 0.25) is 0 Å². The standard InChI is InChI=1S/C31H48O7/c1-16-9-13-36-24-21(16)28(4)11-12-31-15-30(31)10-8-20(38-26-23(34)22(33)17(32)14-37-26)27(2,3)18(30)6-7-19(31)29(28,5)25(24)35/h16-24,26,32-34H,6-15H2,1-5H3/t16-,17-,18?,19?,20+,21+,22+,23-,24?,26+,28-,29-,30-,31?/m1/s1. The predicted molar refractivity (Wildman–Crippen MR) is 139 cm³/mol. The molecular weight excluding hydrogens is 484 g/mol. The molecule has 2 heterocycles. The second-order valence-electron chi connectivity index (χ2n) is 15.5. The van der Waals surface area contributed by atoms with Crippen LogP contribution in [0.15, 0.2) is 0 Å². The highest BCUT2D eigenvalue weighted by molar-refractivity contribution is 5.93. The number of ketones is 1. The van der Waals surface area contributed by atoms with Crippen molar-refractivity contribution >= 4 is 5.78 Å². The molecule has 5 aliphatic carbocycles. The number of Topliss-reactive ketones (excluding diaryl/α,β-unsaturated/α-hetero) is 1. The van der Waals surface area contributed by atoms with E-state index in [1.807, 2.05) is 0 Å². The molecule has 14 atom stereocenters. The van der Waals surface area contributed by atoms with E-state index in [9.17, 15) is 20.1 Å². The molecule has 7 rings (SSSR count). The van der Waals surface area contributed by atoms with Crippen molar-refractivity contribution < 1.29 is 34.3 Å². The number of hydrogen-bond donors (Lipinski definition) is 3. The number of rotatable bonds is 2. The van der Waals surface area contributed by atoms with Crippen LogP contribution in [0.5, 0.6) is 0 Å². The Labute approximate surface area is 227 Å². The number of aliphatic hydroxyl groups is 3. The van der Waals surface area contributed by atoms with E-state index in [4.69, 9.17) is 14.2 Å². The molecule has 7 aliphatic rings. The summed E-state index contributed by atoms with van der Waals surface area (Å²) in [6.07, 6.45) is 3.94. The van der Waals surface area contributed by atoms with Gasteiger partial charge in [-0.3, -0.25) is 4.79 Å². The first-order valence-corrected chi connectivity index (χ1v) is 15.3. The summed E-state index contributed by atoms with van der Waals surface area (Å²) in [5.74, 6) is 2.19. The lowest BCUT2D eigenvalue weighted by atomic mass is 9.41. The van der Waals surface area contributed by atoms with Crippen molar-refractivity contribution in [1.82, 2.24) is 0 Å². The third-order valence-corrected chi connectivity index (χ3v) is 14.2. The monoisotopic (exact) mass is 532 g/mol. The van der Waals surface area contributed by atoms with E-state index < -0.39 is 24.6 Å². The number of ether oxygens (including phenoxy) is 3. The third kappa shape index (κ3) is 2.90. The van der Waals surface area contributed by atoms with Crippen LogP contribution in [0.3, 0.4) is 0 Å². The minimum atomic E-state index is -1.26. The zero-order valence-corrected chi connectivity index (χ0v) is 23.8. The Kier molecular flexibility index (Phi) is 5.57. The molecule has 4 unspecified atom stereocenters. The molecule has 214 valence electrons. The fourth-order valence-electron chi connectivity index (χ4n) is 12.1. The lowest BCUT2D eigenvalue weighted by Gasteiger charge is -2.62. The Morgan fingerprint density at radius 3 is 2.34 bits per heavy atom. The van der Waals surface area contributed by atoms with Crippen molar-refractivity contribution in [3.8, 4) is 0 Å². The Morgan fingerprint density at radius 2 is 1.58 bits per heavy atom. The van der Waals surface area contributed by atoms with Gasteiger partial charge in [-0.05, 0) is 90.8 Å². The highest BCUT2D eigenvalue weighted by atomic mass is 16.7. The van der Waals surface area contributed by atoms with Crippen LogP contribution < -0.4 is 0 Å². The second kappa shape index (κ2) is 8.04. The topological polar surface area (TPSA) is 105 Å². The van der Waals surface area contributed by atoms with Crippen molar-refractivity contribution in [2.75, 3.05) is 13.2 Å². The average molecular weight is 533 g/mol. The molecule has 2 saturated heterocycles. The zero-order chi connectivity index (χ0) is 27.0. The quantitative estimate of drug-likeness (QED) is 0.468. The van der Waals surface area contributed by atoms with Crippen LogP contribution in [0.25, 0.3) is 0 Å². The first-order chi connectivity index (χ1) is 17.8. The van der Waals surface area contributed by atoms with E-state index in [1.54, 1.807) is 0 Å². The van der Waals surface area contributed by atoms with Crippen LogP contribution >= 0.6 is 0 Å². The molecule has 0 amide bonds. The molecule has 0 aromatic carbocycles. The number of carbonyl (C=O) groups is 1. The zero-order valence-electron chi connectivity index (χ0n) is 23.8. The van der Waals surface area contributed by atoms with E-state index in [1.165, 1.54) is 12.8 Å². The maximum atomic E-state index is 14.3. The summed E-state index contributed by atoms with van der Waals surface area (Å²) in [5.41, 5.74) is 0.0641. The normalized spacial score (nSPS) is 60.7. The van der Waals surface area contributed by atoms with Gasteiger partial charge in [0, 0.05) is 17.9 Å². The molecule has 0 aromatic rings. The summed E-state index contributed by atoms with van der Waals surface area (Å²) in [4.78, 5) is 14.3. The summed E-state index contributed by atoms with van der Waals surface area (Å²) in [7, 11) is 0. The molecule has 2 aliphatic heterocycles. The van der Waals surface area contributed by atoms with Crippen LogP contribution in [0, 0.1) is 50.7 Å². The summed E-state index contributed by atoms with van der Waals surface area (Å²) >= 11 is 0. The van der Waals surface area contributed by atoms with Gasteiger partial charge in [0.15, 0.2) is 12.1 Å². The molecule has 0 bridgehead atoms. The fourth-order valence-corrected chi connectivity index (χ4v) is 12.1.